The summed E-state index contributed by atoms with van der Waals surface area (Å²) in [6, 6.07) is 8.87. The number of methoxy groups -OCH3 is 2. The molecule has 3 rings (SSSR count). The lowest BCUT2D eigenvalue weighted by molar-refractivity contribution is -0.901. The van der Waals surface area contributed by atoms with Gasteiger partial charge in [-0.2, -0.15) is 0 Å². The lowest BCUT2D eigenvalue weighted by Crippen LogP contribution is -3.09. The Hall–Kier alpha value is -2.91. The molecule has 1 aliphatic heterocycles. The monoisotopic (exact) mass is 418 g/mol. The van der Waals surface area contributed by atoms with Crippen molar-refractivity contribution in [1.29, 1.82) is 0 Å². The molecule has 1 atom stereocenters. The average molecular weight is 418 g/mol. The van der Waals surface area contributed by atoms with Crippen LogP contribution in [0.15, 0.2) is 35.7 Å². The Kier molecular flexibility index (Phi) is 6.50. The van der Waals surface area contributed by atoms with E-state index in [1.54, 1.807) is 25.6 Å². The van der Waals surface area contributed by atoms with E-state index in [0.717, 1.165) is 25.1 Å². The topological polar surface area (TPSA) is 80.6 Å². The van der Waals surface area contributed by atoms with E-state index in [0.29, 0.717) is 24.5 Å². The van der Waals surface area contributed by atoms with Gasteiger partial charge in [0, 0.05) is 23.4 Å². The number of carbonyl (C=O) groups is 3. The number of quaternary nitrogens is 1. The maximum absolute atomic E-state index is 12.6. The van der Waals surface area contributed by atoms with Crippen molar-refractivity contribution in [2.24, 2.45) is 0 Å². The first-order chi connectivity index (χ1) is 13.9. The number of hydrogen-bond donors (Lipinski definition) is 1. The zero-order valence-electron chi connectivity index (χ0n) is 16.6. The van der Waals surface area contributed by atoms with E-state index < -0.39 is 17.8 Å². The summed E-state index contributed by atoms with van der Waals surface area (Å²) in [4.78, 5) is 41.2. The molecule has 1 aromatic carbocycles. The van der Waals surface area contributed by atoms with Gasteiger partial charge in [-0.3, -0.25) is 14.5 Å². The predicted molar refractivity (Wildman–Crippen MR) is 107 cm³/mol. The molecule has 0 bridgehead atoms. The third kappa shape index (κ3) is 4.57. The minimum atomic E-state index is -0.771. The normalized spacial score (nSPS) is 15.2. The van der Waals surface area contributed by atoms with E-state index in [-0.39, 0.29) is 13.2 Å². The van der Waals surface area contributed by atoms with E-state index in [9.17, 15) is 14.4 Å². The van der Waals surface area contributed by atoms with E-state index in [2.05, 4.69) is 0 Å². The highest BCUT2D eigenvalue weighted by Gasteiger charge is 2.45. The molecule has 0 aliphatic carbocycles. The van der Waals surface area contributed by atoms with Crippen LogP contribution in [0.3, 0.4) is 0 Å². The largest absolute Gasteiger partial charge is 0.493 e. The van der Waals surface area contributed by atoms with E-state index in [1.165, 1.54) is 0 Å². The summed E-state index contributed by atoms with van der Waals surface area (Å²) in [5.74, 6) is -0.287. The van der Waals surface area contributed by atoms with Gasteiger partial charge in [0.15, 0.2) is 18.2 Å². The fourth-order valence-electron chi connectivity index (χ4n) is 3.23. The first kappa shape index (κ1) is 20.8. The number of urea groups is 1. The summed E-state index contributed by atoms with van der Waals surface area (Å²) < 4.78 is 10.5. The molecule has 1 unspecified atom stereocenters. The summed E-state index contributed by atoms with van der Waals surface area (Å²) in [5.41, 5.74) is 0.958. The summed E-state index contributed by atoms with van der Waals surface area (Å²) in [7, 11) is 4.99. The van der Waals surface area contributed by atoms with Crippen molar-refractivity contribution in [2.75, 3.05) is 34.5 Å². The van der Waals surface area contributed by atoms with Gasteiger partial charge in [-0.05, 0) is 29.6 Å². The highest BCUT2D eigenvalue weighted by Crippen LogP contribution is 2.27. The van der Waals surface area contributed by atoms with Crippen molar-refractivity contribution in [2.45, 2.75) is 13.0 Å². The maximum Gasteiger partial charge on any atom is 0.338 e. The molecule has 1 aliphatic rings. The number of carbonyl (C=O) groups excluding carboxylic acids is 3. The molecule has 0 radical (unpaired) electrons. The molecule has 2 aromatic rings. The van der Waals surface area contributed by atoms with Gasteiger partial charge >= 0.3 is 17.8 Å². The third-order valence-corrected chi connectivity index (χ3v) is 5.62. The molecule has 1 fully saturated rings. The Morgan fingerprint density at radius 2 is 1.72 bits per heavy atom. The van der Waals surface area contributed by atoms with Gasteiger partial charge in [0.05, 0.1) is 21.3 Å². The number of hydrogen-bond acceptors (Lipinski definition) is 6. The molecule has 9 heteroatoms. The number of nitrogens with zero attached hydrogens (tertiary/aromatic N) is 2. The standard InChI is InChI=1S/C20H23N3O5S/c1-21(12-14-6-7-16(27-2)17(11-14)28-3)13-23-19(25)18(24)22(20(23)26)9-8-15-5-4-10-29-15/h4-7,10-11H,8-9,12-13H2,1-3H3/p+1. The second kappa shape index (κ2) is 9.06. The van der Waals surface area contributed by atoms with Crippen LogP contribution >= 0.6 is 11.3 Å². The van der Waals surface area contributed by atoms with Crippen molar-refractivity contribution in [3.8, 4) is 11.5 Å². The van der Waals surface area contributed by atoms with Gasteiger partial charge in [0.2, 0.25) is 0 Å². The molecule has 2 heterocycles. The van der Waals surface area contributed by atoms with Crippen molar-refractivity contribution < 1.29 is 28.8 Å². The van der Waals surface area contributed by atoms with Crippen molar-refractivity contribution in [3.63, 3.8) is 0 Å². The Balaban J connectivity index is 1.62. The van der Waals surface area contributed by atoms with Crippen LogP contribution in [0.25, 0.3) is 0 Å². The highest BCUT2D eigenvalue weighted by molar-refractivity contribution is 7.09. The van der Waals surface area contributed by atoms with Gasteiger partial charge in [-0.25, -0.2) is 9.69 Å². The van der Waals surface area contributed by atoms with Crippen LogP contribution in [-0.4, -0.2) is 62.1 Å². The first-order valence-corrected chi connectivity index (χ1v) is 10.0. The second-order valence-electron chi connectivity index (χ2n) is 6.78. The molecule has 4 amide bonds. The first-order valence-electron chi connectivity index (χ1n) is 9.16. The summed E-state index contributed by atoms with van der Waals surface area (Å²) in [6.45, 7) is 0.850. The van der Waals surface area contributed by atoms with Gasteiger partial charge in [0.1, 0.15) is 6.54 Å². The Morgan fingerprint density at radius 1 is 1.00 bits per heavy atom. The van der Waals surface area contributed by atoms with E-state index in [4.69, 9.17) is 9.47 Å². The van der Waals surface area contributed by atoms with E-state index >= 15 is 0 Å². The molecular weight excluding hydrogens is 394 g/mol. The van der Waals surface area contributed by atoms with Gasteiger partial charge in [-0.15, -0.1) is 11.3 Å². The zero-order valence-corrected chi connectivity index (χ0v) is 17.5. The van der Waals surface area contributed by atoms with Crippen LogP contribution in [0.4, 0.5) is 4.79 Å². The minimum Gasteiger partial charge on any atom is -0.493 e. The minimum absolute atomic E-state index is 0.104. The van der Waals surface area contributed by atoms with Crippen LogP contribution in [-0.2, 0) is 22.6 Å². The highest BCUT2D eigenvalue weighted by atomic mass is 32.1. The number of thiophene rings is 1. The van der Waals surface area contributed by atoms with Crippen molar-refractivity contribution >= 4 is 29.2 Å². The number of amides is 4. The molecule has 154 valence electrons. The molecule has 1 aromatic heterocycles. The van der Waals surface area contributed by atoms with Gasteiger partial charge in [-0.1, -0.05) is 6.07 Å². The van der Waals surface area contributed by atoms with Crippen LogP contribution in [0, 0.1) is 0 Å². The summed E-state index contributed by atoms with van der Waals surface area (Å²) in [6.07, 6.45) is 0.546. The summed E-state index contributed by atoms with van der Waals surface area (Å²) in [5, 5.41) is 1.94. The lowest BCUT2D eigenvalue weighted by atomic mass is 10.2. The molecule has 1 saturated heterocycles. The lowest BCUT2D eigenvalue weighted by Gasteiger charge is -2.20. The number of nitrogens with one attached hydrogen (secondary N) is 1. The molecule has 1 N–H and O–H groups in total. The number of rotatable bonds is 9. The third-order valence-electron chi connectivity index (χ3n) is 4.68. The van der Waals surface area contributed by atoms with Crippen molar-refractivity contribution in [3.05, 3.63) is 46.2 Å². The smallest absolute Gasteiger partial charge is 0.338 e. The SMILES string of the molecule is COc1ccc(C[NH+](C)CN2C(=O)C(=O)N(CCc3cccs3)C2=O)cc1OC. The molecule has 8 nitrogen and oxygen atoms in total. The number of imide groups is 2. The second-order valence-corrected chi connectivity index (χ2v) is 7.82. The van der Waals surface area contributed by atoms with Crippen LogP contribution in [0.1, 0.15) is 10.4 Å². The quantitative estimate of drug-likeness (QED) is 0.481. The fraction of sp³-hybridized carbons (Fsp3) is 0.350. The molecule has 29 heavy (non-hydrogen) atoms. The Morgan fingerprint density at radius 3 is 2.38 bits per heavy atom. The predicted octanol–water partition coefficient (Wildman–Crippen LogP) is 0.771. The summed E-state index contributed by atoms with van der Waals surface area (Å²) >= 11 is 1.56. The molecular formula is C20H24N3O5S+. The van der Waals surface area contributed by atoms with Crippen LogP contribution in [0.5, 0.6) is 11.5 Å². The Bertz CT molecular complexity index is 900. The molecule has 0 saturated carbocycles. The van der Waals surface area contributed by atoms with Crippen molar-refractivity contribution in [1.82, 2.24) is 9.80 Å². The average Bonchev–Trinajstić information content (AvgIpc) is 3.30. The molecule has 0 spiro atoms. The Labute approximate surface area is 173 Å². The number of benzene rings is 1. The fourth-order valence-corrected chi connectivity index (χ4v) is 3.93. The van der Waals surface area contributed by atoms with Crippen LogP contribution < -0.4 is 14.4 Å². The maximum atomic E-state index is 12.6. The zero-order chi connectivity index (χ0) is 21.0. The van der Waals surface area contributed by atoms with Crippen LogP contribution in [0.2, 0.25) is 0 Å². The van der Waals surface area contributed by atoms with Gasteiger partial charge < -0.3 is 14.4 Å². The van der Waals surface area contributed by atoms with Gasteiger partial charge in [0.25, 0.3) is 0 Å². The number of ether oxygens (including phenoxy) is 2. The van der Waals surface area contributed by atoms with E-state index in [1.807, 2.05) is 42.8 Å².